The molecule has 0 radical (unpaired) electrons. The second-order valence-electron chi connectivity index (χ2n) is 14.8. The van der Waals surface area contributed by atoms with Crippen LogP contribution < -0.4 is 0 Å². The summed E-state index contributed by atoms with van der Waals surface area (Å²) in [7, 11) is -3.80. The summed E-state index contributed by atoms with van der Waals surface area (Å²) in [6.07, 6.45) is 4.88. The quantitative estimate of drug-likeness (QED) is 0.0178. The van der Waals surface area contributed by atoms with Gasteiger partial charge in [-0.05, 0) is 85.3 Å². The Morgan fingerprint density at radius 3 is 1.67 bits per heavy atom. The van der Waals surface area contributed by atoms with Crippen molar-refractivity contribution in [2.75, 3.05) is 79.2 Å². The standard InChI is InChI=1S/C40H63N3O9Si2/c1-53(2,31-10-9-19-40(45)51-33-39-37-17-7-5-15-35(37)36-16-6-8-18-38(36)39)52-54(3,4)32-12-14-34(44)13-11-21-46-23-25-48-27-29-50-30-28-49-26-24-47-22-20-42-43-41/h5-8,15-18,39H,9-14,19-33H2,1-4H3. The summed E-state index contributed by atoms with van der Waals surface area (Å²) >= 11 is 0. The predicted molar refractivity (Wildman–Crippen MR) is 216 cm³/mol. The van der Waals surface area contributed by atoms with Gasteiger partial charge in [0.2, 0.25) is 0 Å². The molecule has 0 bridgehead atoms. The number of hydrogen-bond acceptors (Lipinski definition) is 10. The first-order chi connectivity index (χ1) is 26.1. The van der Waals surface area contributed by atoms with Gasteiger partial charge in [0, 0.05) is 43.2 Å². The Balaban J connectivity index is 1.12. The number of azide groups is 1. The lowest BCUT2D eigenvalue weighted by atomic mass is 9.98. The topological polar surface area (TPSA) is 148 Å². The molecule has 0 heterocycles. The van der Waals surface area contributed by atoms with Crippen LogP contribution in [-0.2, 0) is 42.1 Å². The van der Waals surface area contributed by atoms with E-state index in [-0.39, 0.29) is 17.7 Å². The van der Waals surface area contributed by atoms with Crippen LogP contribution in [0.2, 0.25) is 38.3 Å². The van der Waals surface area contributed by atoms with E-state index in [4.69, 9.17) is 38.1 Å². The zero-order chi connectivity index (χ0) is 38.9. The molecule has 1 aliphatic carbocycles. The Morgan fingerprint density at radius 1 is 0.630 bits per heavy atom. The van der Waals surface area contributed by atoms with Gasteiger partial charge in [0.15, 0.2) is 16.6 Å². The van der Waals surface area contributed by atoms with Crippen molar-refractivity contribution in [2.24, 2.45) is 5.11 Å². The van der Waals surface area contributed by atoms with E-state index in [0.717, 1.165) is 31.4 Å². The molecular formula is C40H63N3O9Si2. The highest BCUT2D eigenvalue weighted by Gasteiger charge is 2.33. The van der Waals surface area contributed by atoms with Crippen molar-refractivity contribution in [1.82, 2.24) is 0 Å². The molecule has 14 heteroatoms. The number of benzene rings is 2. The minimum atomic E-state index is -1.90. The van der Waals surface area contributed by atoms with E-state index >= 15 is 0 Å². The van der Waals surface area contributed by atoms with Crippen molar-refractivity contribution in [3.63, 3.8) is 0 Å². The maximum absolute atomic E-state index is 12.7. The molecular weight excluding hydrogens is 723 g/mol. The molecule has 0 saturated carbocycles. The van der Waals surface area contributed by atoms with Crippen LogP contribution in [0.4, 0.5) is 0 Å². The average Bonchev–Trinajstić information content (AvgIpc) is 3.46. The predicted octanol–water partition coefficient (Wildman–Crippen LogP) is 8.46. The van der Waals surface area contributed by atoms with E-state index in [9.17, 15) is 9.59 Å². The number of unbranched alkanes of at least 4 members (excludes halogenated alkanes) is 1. The minimum Gasteiger partial charge on any atom is -0.465 e. The number of ether oxygens (including phenoxy) is 6. The highest BCUT2D eigenvalue weighted by Crippen LogP contribution is 2.44. The van der Waals surface area contributed by atoms with Gasteiger partial charge >= 0.3 is 5.97 Å². The van der Waals surface area contributed by atoms with E-state index in [0.29, 0.717) is 105 Å². The average molecular weight is 786 g/mol. The number of hydrogen-bond donors (Lipinski definition) is 0. The first-order valence-corrected chi connectivity index (χ1v) is 25.8. The van der Waals surface area contributed by atoms with Gasteiger partial charge in [-0.25, -0.2) is 0 Å². The fourth-order valence-corrected chi connectivity index (χ4v) is 15.6. The van der Waals surface area contributed by atoms with Gasteiger partial charge in [0.1, 0.15) is 12.4 Å². The van der Waals surface area contributed by atoms with Gasteiger partial charge in [-0.15, -0.1) is 0 Å². The first-order valence-electron chi connectivity index (χ1n) is 19.6. The molecule has 2 aromatic rings. The van der Waals surface area contributed by atoms with Crippen molar-refractivity contribution in [3.05, 3.63) is 70.1 Å². The molecule has 0 amide bonds. The lowest BCUT2D eigenvalue weighted by Gasteiger charge is -2.34. The van der Waals surface area contributed by atoms with Crippen LogP contribution in [-0.4, -0.2) is 108 Å². The molecule has 0 unspecified atom stereocenters. The molecule has 0 atom stereocenters. The normalized spacial score (nSPS) is 12.7. The third kappa shape index (κ3) is 18.6. The van der Waals surface area contributed by atoms with Gasteiger partial charge < -0.3 is 32.5 Å². The molecule has 3 rings (SSSR count). The van der Waals surface area contributed by atoms with Crippen LogP contribution in [0.1, 0.15) is 62.0 Å². The molecule has 0 aromatic heterocycles. The summed E-state index contributed by atoms with van der Waals surface area (Å²) in [6.45, 7) is 14.5. The molecule has 54 heavy (non-hydrogen) atoms. The molecule has 0 fully saturated rings. The minimum absolute atomic E-state index is 0.0899. The van der Waals surface area contributed by atoms with E-state index in [2.05, 4.69) is 84.7 Å². The van der Waals surface area contributed by atoms with Gasteiger partial charge in [-0.3, -0.25) is 9.59 Å². The van der Waals surface area contributed by atoms with E-state index in [1.165, 1.54) is 22.3 Å². The number of carbonyl (C=O) groups excluding carboxylic acids is 2. The Morgan fingerprint density at radius 2 is 1.11 bits per heavy atom. The molecule has 12 nitrogen and oxygen atoms in total. The monoisotopic (exact) mass is 785 g/mol. The van der Waals surface area contributed by atoms with E-state index in [1.54, 1.807) is 0 Å². The molecule has 0 N–H and O–H groups in total. The summed E-state index contributed by atoms with van der Waals surface area (Å²) in [5.74, 6) is 0.241. The molecule has 0 aliphatic heterocycles. The van der Waals surface area contributed by atoms with Gasteiger partial charge in [0.05, 0.1) is 59.5 Å². The van der Waals surface area contributed by atoms with Gasteiger partial charge in [-0.2, -0.15) is 0 Å². The molecule has 1 aliphatic rings. The molecule has 0 saturated heterocycles. The molecule has 0 spiro atoms. The largest absolute Gasteiger partial charge is 0.465 e. The third-order valence-corrected chi connectivity index (χ3v) is 16.7. The summed E-state index contributed by atoms with van der Waals surface area (Å²) in [4.78, 5) is 27.8. The third-order valence-electron chi connectivity index (χ3n) is 9.20. The number of Topliss-reactive ketones (excluding diaryl/α,β-unsaturated/α-hetero) is 1. The Kier molecular flexibility index (Phi) is 21.9. The maximum atomic E-state index is 12.7. The van der Waals surface area contributed by atoms with Crippen molar-refractivity contribution >= 4 is 28.4 Å². The van der Waals surface area contributed by atoms with Gasteiger partial charge in [-0.1, -0.05) is 60.1 Å². The summed E-state index contributed by atoms with van der Waals surface area (Å²) in [5, 5.41) is 3.39. The fraction of sp³-hybridized carbons (Fsp3) is 0.650. The van der Waals surface area contributed by atoms with Crippen LogP contribution in [0.25, 0.3) is 21.6 Å². The van der Waals surface area contributed by atoms with Crippen molar-refractivity contribution < 1.29 is 42.1 Å². The zero-order valence-electron chi connectivity index (χ0n) is 33.1. The summed E-state index contributed by atoms with van der Waals surface area (Å²) in [6, 6.07) is 18.8. The van der Waals surface area contributed by atoms with E-state index in [1.807, 2.05) is 0 Å². The number of esters is 1. The summed E-state index contributed by atoms with van der Waals surface area (Å²) < 4.78 is 39.8. The SMILES string of the molecule is C[Si](C)(CCCCC(=O)OCC1c2ccccc2-c2ccccc21)O[Si](C)(C)CCCC(=O)CCCOCCOCCOCCOCCOCCN=[N+]=[N-]. The van der Waals surface area contributed by atoms with Crippen LogP contribution >= 0.6 is 0 Å². The zero-order valence-corrected chi connectivity index (χ0v) is 35.1. The van der Waals surface area contributed by atoms with Crippen molar-refractivity contribution in [2.45, 2.75) is 89.1 Å². The fourth-order valence-electron chi connectivity index (χ4n) is 6.70. The number of carbonyl (C=O) groups is 2. The highest BCUT2D eigenvalue weighted by atomic mass is 28.4. The highest BCUT2D eigenvalue weighted by molar-refractivity contribution is 6.84. The number of nitrogens with zero attached hydrogens (tertiary/aromatic N) is 3. The molecule has 2 aromatic carbocycles. The number of ketones is 1. The number of rotatable bonds is 32. The maximum Gasteiger partial charge on any atom is 0.305 e. The Hall–Kier alpha value is -2.92. The second-order valence-corrected chi connectivity index (χ2v) is 23.6. The smallest absolute Gasteiger partial charge is 0.305 e. The lowest BCUT2D eigenvalue weighted by molar-refractivity contribution is -0.144. The number of fused-ring (bicyclic) bond motifs is 3. The van der Waals surface area contributed by atoms with Crippen LogP contribution in [0.5, 0.6) is 0 Å². The molecule has 300 valence electrons. The van der Waals surface area contributed by atoms with Crippen LogP contribution in [0.3, 0.4) is 0 Å². The summed E-state index contributed by atoms with van der Waals surface area (Å²) in [5.41, 5.74) is 13.1. The van der Waals surface area contributed by atoms with Crippen molar-refractivity contribution in [3.8, 4) is 11.1 Å². The van der Waals surface area contributed by atoms with Crippen LogP contribution in [0, 0.1) is 0 Å². The Labute approximate surface area is 324 Å². The van der Waals surface area contributed by atoms with E-state index < -0.39 is 16.6 Å². The lowest BCUT2D eigenvalue weighted by Crippen LogP contribution is -2.44. The van der Waals surface area contributed by atoms with Crippen molar-refractivity contribution in [1.29, 1.82) is 0 Å². The Bertz CT molecular complexity index is 1390. The van der Waals surface area contributed by atoms with Gasteiger partial charge in [0.25, 0.3) is 0 Å². The van der Waals surface area contributed by atoms with Crippen LogP contribution in [0.15, 0.2) is 53.6 Å². The second kappa shape index (κ2) is 26.0. The first kappa shape index (κ1) is 45.5.